The molecule has 2 nitrogen and oxygen atoms in total. The molecule has 0 unspecified atom stereocenters. The van der Waals surface area contributed by atoms with Gasteiger partial charge in [-0.25, -0.2) is 0 Å². The Labute approximate surface area is 78.5 Å². The lowest BCUT2D eigenvalue weighted by atomic mass is 10.2. The van der Waals surface area contributed by atoms with Gasteiger partial charge in [-0.05, 0) is 5.56 Å². The predicted molar refractivity (Wildman–Crippen MR) is 52.3 cm³/mol. The van der Waals surface area contributed by atoms with Crippen molar-refractivity contribution in [2.75, 3.05) is 13.2 Å². The number of rotatable bonds is 5. The normalized spacial score (nSPS) is 10.8. The Balaban J connectivity index is 2.17. The zero-order valence-corrected chi connectivity index (χ0v) is 7.52. The topological polar surface area (TPSA) is 29.5 Å². The number of hydrogen-bond acceptors (Lipinski definition) is 2. The van der Waals surface area contributed by atoms with Gasteiger partial charge in [0.2, 0.25) is 0 Å². The largest absolute Gasteiger partial charge is 0.392 e. The predicted octanol–water partition coefficient (Wildman–Crippen LogP) is 1.75. The number of aliphatic hydroxyl groups excluding tert-OH is 1. The Morgan fingerprint density at radius 3 is 2.62 bits per heavy atom. The second-order valence-electron chi connectivity index (χ2n) is 2.65. The van der Waals surface area contributed by atoms with Crippen LogP contribution in [0.15, 0.2) is 42.5 Å². The van der Waals surface area contributed by atoms with Crippen molar-refractivity contribution in [1.29, 1.82) is 0 Å². The molecule has 1 N–H and O–H groups in total. The van der Waals surface area contributed by atoms with Gasteiger partial charge >= 0.3 is 0 Å². The Morgan fingerprint density at radius 1 is 1.15 bits per heavy atom. The zero-order valence-electron chi connectivity index (χ0n) is 7.52. The lowest BCUT2D eigenvalue weighted by molar-refractivity contribution is 0.148. The van der Waals surface area contributed by atoms with Gasteiger partial charge in [-0.1, -0.05) is 42.5 Å². The summed E-state index contributed by atoms with van der Waals surface area (Å²) in [5, 5.41) is 8.44. The van der Waals surface area contributed by atoms with Crippen molar-refractivity contribution in [3.63, 3.8) is 0 Å². The van der Waals surface area contributed by atoms with Gasteiger partial charge in [0.1, 0.15) is 0 Å². The van der Waals surface area contributed by atoms with Crippen LogP contribution in [0.5, 0.6) is 0 Å². The van der Waals surface area contributed by atoms with E-state index in [2.05, 4.69) is 0 Å². The van der Waals surface area contributed by atoms with Crippen LogP contribution >= 0.6 is 0 Å². The van der Waals surface area contributed by atoms with Crippen molar-refractivity contribution in [2.24, 2.45) is 0 Å². The first-order valence-corrected chi connectivity index (χ1v) is 4.31. The van der Waals surface area contributed by atoms with E-state index < -0.39 is 0 Å². The summed E-state index contributed by atoms with van der Waals surface area (Å²) in [6, 6.07) is 10.0. The molecule has 0 fully saturated rings. The molecule has 0 atom stereocenters. The molecule has 1 aromatic carbocycles. The van der Waals surface area contributed by atoms with E-state index in [1.807, 2.05) is 36.4 Å². The van der Waals surface area contributed by atoms with E-state index in [1.165, 1.54) is 5.56 Å². The monoisotopic (exact) mass is 178 g/mol. The van der Waals surface area contributed by atoms with Crippen molar-refractivity contribution < 1.29 is 9.84 Å². The van der Waals surface area contributed by atoms with Gasteiger partial charge in [0.05, 0.1) is 19.8 Å². The summed E-state index contributed by atoms with van der Waals surface area (Å²) in [4.78, 5) is 0. The summed E-state index contributed by atoms with van der Waals surface area (Å²) in [5.74, 6) is 0. The molecule has 0 spiro atoms. The standard InChI is InChI=1S/C11H14O2/c12-8-4-5-9-13-10-11-6-2-1-3-7-11/h1-7,12H,8-10H2/b5-4-. The fourth-order valence-electron chi connectivity index (χ4n) is 0.962. The van der Waals surface area contributed by atoms with E-state index in [0.717, 1.165) is 0 Å². The van der Waals surface area contributed by atoms with Crippen LogP contribution in [0, 0.1) is 0 Å². The highest BCUT2D eigenvalue weighted by Crippen LogP contribution is 1.99. The molecule has 13 heavy (non-hydrogen) atoms. The summed E-state index contributed by atoms with van der Waals surface area (Å²) >= 11 is 0. The lowest BCUT2D eigenvalue weighted by Gasteiger charge is -2.00. The van der Waals surface area contributed by atoms with E-state index in [-0.39, 0.29) is 6.61 Å². The van der Waals surface area contributed by atoms with Crippen molar-refractivity contribution in [3.05, 3.63) is 48.0 Å². The van der Waals surface area contributed by atoms with Crippen molar-refractivity contribution >= 4 is 0 Å². The molecule has 0 amide bonds. The number of aliphatic hydroxyl groups is 1. The smallest absolute Gasteiger partial charge is 0.0721 e. The van der Waals surface area contributed by atoms with Crippen molar-refractivity contribution in [3.8, 4) is 0 Å². The van der Waals surface area contributed by atoms with Gasteiger partial charge in [-0.15, -0.1) is 0 Å². The average molecular weight is 178 g/mol. The van der Waals surface area contributed by atoms with Crippen LogP contribution in [-0.2, 0) is 11.3 Å². The van der Waals surface area contributed by atoms with Crippen LogP contribution in [0.4, 0.5) is 0 Å². The molecule has 0 aromatic heterocycles. The Kier molecular flexibility index (Phi) is 4.91. The summed E-state index contributed by atoms with van der Waals surface area (Å²) in [6.07, 6.45) is 3.48. The Morgan fingerprint density at radius 2 is 1.92 bits per heavy atom. The molecule has 0 saturated carbocycles. The maximum Gasteiger partial charge on any atom is 0.0721 e. The molecule has 70 valence electrons. The third kappa shape index (κ3) is 4.45. The maximum absolute atomic E-state index is 8.44. The second-order valence-corrected chi connectivity index (χ2v) is 2.65. The minimum absolute atomic E-state index is 0.0781. The molecule has 0 aliphatic carbocycles. The Bertz CT molecular complexity index is 242. The first-order valence-electron chi connectivity index (χ1n) is 4.31. The average Bonchev–Trinajstić information content (AvgIpc) is 2.19. The third-order valence-corrected chi connectivity index (χ3v) is 1.60. The van der Waals surface area contributed by atoms with Crippen molar-refractivity contribution in [1.82, 2.24) is 0 Å². The van der Waals surface area contributed by atoms with Crippen LogP contribution < -0.4 is 0 Å². The van der Waals surface area contributed by atoms with E-state index in [9.17, 15) is 0 Å². The fourth-order valence-corrected chi connectivity index (χ4v) is 0.962. The van der Waals surface area contributed by atoms with Crippen LogP contribution in [0.3, 0.4) is 0 Å². The zero-order chi connectivity index (χ0) is 9.36. The second kappa shape index (κ2) is 6.40. The van der Waals surface area contributed by atoms with Gasteiger partial charge in [-0.2, -0.15) is 0 Å². The highest BCUT2D eigenvalue weighted by atomic mass is 16.5. The fraction of sp³-hybridized carbons (Fsp3) is 0.273. The van der Waals surface area contributed by atoms with Gasteiger partial charge < -0.3 is 9.84 Å². The molecule has 0 aliphatic heterocycles. The van der Waals surface area contributed by atoms with E-state index >= 15 is 0 Å². The summed E-state index contributed by atoms with van der Waals surface area (Å²) < 4.78 is 5.32. The SMILES string of the molecule is OC/C=C\COCc1ccccc1. The summed E-state index contributed by atoms with van der Waals surface area (Å²) in [5.41, 5.74) is 1.17. The molecule has 0 saturated heterocycles. The van der Waals surface area contributed by atoms with Crippen LogP contribution in [-0.4, -0.2) is 18.3 Å². The van der Waals surface area contributed by atoms with E-state index in [1.54, 1.807) is 6.08 Å². The number of ether oxygens (including phenoxy) is 1. The molecule has 1 aromatic rings. The number of hydrogen-bond donors (Lipinski definition) is 1. The van der Waals surface area contributed by atoms with Gasteiger partial charge in [0.15, 0.2) is 0 Å². The van der Waals surface area contributed by atoms with Gasteiger partial charge in [0.25, 0.3) is 0 Å². The van der Waals surface area contributed by atoms with E-state index in [0.29, 0.717) is 13.2 Å². The van der Waals surface area contributed by atoms with Crippen LogP contribution in [0.25, 0.3) is 0 Å². The first-order chi connectivity index (χ1) is 6.43. The molecular weight excluding hydrogens is 164 g/mol. The highest BCUT2D eigenvalue weighted by molar-refractivity contribution is 5.13. The molecule has 1 rings (SSSR count). The third-order valence-electron chi connectivity index (χ3n) is 1.60. The minimum Gasteiger partial charge on any atom is -0.392 e. The highest BCUT2D eigenvalue weighted by Gasteiger charge is 1.88. The lowest BCUT2D eigenvalue weighted by Crippen LogP contribution is -1.92. The maximum atomic E-state index is 8.44. The molecule has 2 heteroatoms. The van der Waals surface area contributed by atoms with E-state index in [4.69, 9.17) is 9.84 Å². The molecule has 0 radical (unpaired) electrons. The van der Waals surface area contributed by atoms with Gasteiger partial charge in [-0.3, -0.25) is 0 Å². The first kappa shape index (κ1) is 9.96. The van der Waals surface area contributed by atoms with Crippen LogP contribution in [0.2, 0.25) is 0 Å². The van der Waals surface area contributed by atoms with Crippen LogP contribution in [0.1, 0.15) is 5.56 Å². The summed E-state index contributed by atoms with van der Waals surface area (Å²) in [7, 11) is 0. The summed E-state index contributed by atoms with van der Waals surface area (Å²) in [6.45, 7) is 1.25. The number of benzene rings is 1. The molecule has 0 heterocycles. The molecular formula is C11H14O2. The molecule has 0 bridgehead atoms. The molecule has 0 aliphatic rings. The van der Waals surface area contributed by atoms with Crippen molar-refractivity contribution in [2.45, 2.75) is 6.61 Å². The Hall–Kier alpha value is -1.12. The quantitative estimate of drug-likeness (QED) is 0.550. The van der Waals surface area contributed by atoms with Gasteiger partial charge in [0, 0.05) is 0 Å². The minimum atomic E-state index is 0.0781.